The third-order valence-electron chi connectivity index (χ3n) is 3.36. The molecule has 3 rings (SSSR count). The van der Waals surface area contributed by atoms with Gasteiger partial charge in [0.1, 0.15) is 9.96 Å². The largest absolute Gasteiger partial charge is 0.333 e. The molecular weight excluding hydrogens is 330 g/mol. The Hall–Kier alpha value is -1.37. The number of sulfone groups is 1. The Morgan fingerprint density at radius 2 is 1.76 bits per heavy atom. The maximum Gasteiger partial charge on any atom is 0.238 e. The molecule has 7 heteroatoms. The molecule has 1 aliphatic heterocycles. The smallest absolute Gasteiger partial charge is 0.238 e. The fraction of sp³-hybridized carbons (Fsp3) is 0.214. The van der Waals surface area contributed by atoms with E-state index in [1.54, 1.807) is 4.90 Å². The van der Waals surface area contributed by atoms with E-state index in [2.05, 4.69) is 0 Å². The van der Waals surface area contributed by atoms with Crippen LogP contribution in [-0.2, 0) is 27.7 Å². The number of rotatable bonds is 3. The first-order valence-corrected chi connectivity index (χ1v) is 9.13. The van der Waals surface area contributed by atoms with Crippen molar-refractivity contribution < 1.29 is 13.2 Å². The van der Waals surface area contributed by atoms with Gasteiger partial charge < -0.3 is 4.90 Å². The lowest BCUT2D eigenvalue weighted by Gasteiger charge is -2.15. The maximum absolute atomic E-state index is 12.2. The lowest BCUT2D eigenvalue weighted by molar-refractivity contribution is -0.129. The van der Waals surface area contributed by atoms with Crippen LogP contribution >= 0.6 is 22.9 Å². The van der Waals surface area contributed by atoms with Crippen molar-refractivity contribution in [2.75, 3.05) is 5.75 Å². The average molecular weight is 342 g/mol. The predicted octanol–water partition coefficient (Wildman–Crippen LogP) is 2.72. The van der Waals surface area contributed by atoms with Gasteiger partial charge >= 0.3 is 0 Å². The number of amides is 1. The zero-order valence-electron chi connectivity index (χ0n) is 11.0. The number of fused-ring (bicyclic) bond motifs is 1. The fourth-order valence-electron chi connectivity index (χ4n) is 2.30. The molecule has 0 spiro atoms. The van der Waals surface area contributed by atoms with Gasteiger partial charge in [-0.3, -0.25) is 4.79 Å². The summed E-state index contributed by atoms with van der Waals surface area (Å²) < 4.78 is 24.9. The highest BCUT2D eigenvalue weighted by molar-refractivity contribution is 7.94. The minimum atomic E-state index is -3.62. The number of carbonyl (C=O) groups is 1. The van der Waals surface area contributed by atoms with E-state index in [9.17, 15) is 13.2 Å². The van der Waals surface area contributed by atoms with E-state index in [0.29, 0.717) is 17.4 Å². The molecule has 1 amide bonds. The second-order valence-electron chi connectivity index (χ2n) is 4.84. The molecule has 0 unspecified atom stereocenters. The predicted molar refractivity (Wildman–Crippen MR) is 82.1 cm³/mol. The molecule has 2 aromatic rings. The summed E-state index contributed by atoms with van der Waals surface area (Å²) in [6, 6.07) is 10.7. The van der Waals surface area contributed by atoms with Gasteiger partial charge in [0.2, 0.25) is 5.91 Å². The molecule has 2 heterocycles. The summed E-state index contributed by atoms with van der Waals surface area (Å²) in [5.41, 5.74) is 2.14. The SMILES string of the molecule is O=C(CS(=O)(=O)c1ccc(Cl)s1)N1Cc2ccccc2C1. The highest BCUT2D eigenvalue weighted by Gasteiger charge is 2.28. The van der Waals surface area contributed by atoms with Crippen molar-refractivity contribution in [3.8, 4) is 0 Å². The summed E-state index contributed by atoms with van der Waals surface area (Å²) in [6.07, 6.45) is 0. The number of carbonyl (C=O) groups excluding carboxylic acids is 1. The van der Waals surface area contributed by atoms with Gasteiger partial charge in [-0.25, -0.2) is 8.42 Å². The monoisotopic (exact) mass is 341 g/mol. The van der Waals surface area contributed by atoms with E-state index in [1.807, 2.05) is 24.3 Å². The Morgan fingerprint density at radius 3 is 2.29 bits per heavy atom. The lowest BCUT2D eigenvalue weighted by Crippen LogP contribution is -2.31. The van der Waals surface area contributed by atoms with E-state index in [0.717, 1.165) is 22.5 Å². The molecule has 0 saturated carbocycles. The lowest BCUT2D eigenvalue weighted by atomic mass is 10.1. The van der Waals surface area contributed by atoms with Crippen molar-refractivity contribution in [2.45, 2.75) is 17.3 Å². The Labute approximate surface area is 131 Å². The van der Waals surface area contributed by atoms with Crippen molar-refractivity contribution in [2.24, 2.45) is 0 Å². The number of halogens is 1. The van der Waals surface area contributed by atoms with Crippen LogP contribution in [0.2, 0.25) is 4.34 Å². The molecule has 0 atom stereocenters. The van der Waals surface area contributed by atoms with Gasteiger partial charge in [0.25, 0.3) is 0 Å². The first-order valence-electron chi connectivity index (χ1n) is 6.28. The summed E-state index contributed by atoms with van der Waals surface area (Å²) >= 11 is 6.72. The third kappa shape index (κ3) is 2.97. The molecular formula is C14H12ClNO3S2. The average Bonchev–Trinajstić information content (AvgIpc) is 3.04. The molecule has 1 aromatic carbocycles. The van der Waals surface area contributed by atoms with Crippen LogP contribution in [0.5, 0.6) is 0 Å². The van der Waals surface area contributed by atoms with Crippen molar-refractivity contribution >= 4 is 38.7 Å². The summed E-state index contributed by atoms with van der Waals surface area (Å²) in [5, 5.41) is 0. The molecule has 110 valence electrons. The van der Waals surface area contributed by atoms with Crippen molar-refractivity contribution in [1.82, 2.24) is 4.90 Å². The van der Waals surface area contributed by atoms with Gasteiger partial charge in [-0.2, -0.15) is 0 Å². The van der Waals surface area contributed by atoms with Crippen LogP contribution in [0.25, 0.3) is 0 Å². The van der Waals surface area contributed by atoms with Crippen LogP contribution in [-0.4, -0.2) is 25.0 Å². The van der Waals surface area contributed by atoms with Gasteiger partial charge in [-0.1, -0.05) is 35.9 Å². The van der Waals surface area contributed by atoms with Crippen LogP contribution in [0.3, 0.4) is 0 Å². The van der Waals surface area contributed by atoms with E-state index in [1.165, 1.54) is 12.1 Å². The van der Waals surface area contributed by atoms with Gasteiger partial charge in [-0.15, -0.1) is 11.3 Å². The maximum atomic E-state index is 12.2. The second-order valence-corrected chi connectivity index (χ2v) is 8.77. The van der Waals surface area contributed by atoms with E-state index < -0.39 is 15.6 Å². The highest BCUT2D eigenvalue weighted by atomic mass is 35.5. The van der Waals surface area contributed by atoms with Crippen LogP contribution in [0.1, 0.15) is 11.1 Å². The van der Waals surface area contributed by atoms with E-state index in [-0.39, 0.29) is 10.1 Å². The molecule has 1 aromatic heterocycles. The Morgan fingerprint density at radius 1 is 1.14 bits per heavy atom. The first-order chi connectivity index (χ1) is 9.95. The minimum Gasteiger partial charge on any atom is -0.333 e. The quantitative estimate of drug-likeness (QED) is 0.862. The second kappa shape index (κ2) is 5.44. The number of benzene rings is 1. The van der Waals surface area contributed by atoms with Crippen molar-refractivity contribution in [1.29, 1.82) is 0 Å². The summed E-state index contributed by atoms with van der Waals surface area (Å²) in [7, 11) is -3.62. The molecule has 0 aliphatic carbocycles. The van der Waals surface area contributed by atoms with Gasteiger partial charge in [-0.05, 0) is 23.3 Å². The normalized spacial score (nSPS) is 14.2. The number of hydrogen-bond donors (Lipinski definition) is 0. The van der Waals surface area contributed by atoms with Gasteiger partial charge in [0.15, 0.2) is 9.84 Å². The molecule has 0 bridgehead atoms. The third-order valence-corrected chi connectivity index (χ3v) is 6.78. The van der Waals surface area contributed by atoms with E-state index >= 15 is 0 Å². The molecule has 1 aliphatic rings. The Balaban J connectivity index is 1.73. The summed E-state index contributed by atoms with van der Waals surface area (Å²) in [4.78, 5) is 13.8. The zero-order chi connectivity index (χ0) is 15.0. The number of hydrogen-bond acceptors (Lipinski definition) is 4. The Kier molecular flexibility index (Phi) is 3.77. The summed E-state index contributed by atoms with van der Waals surface area (Å²) in [6.45, 7) is 0.936. The number of nitrogens with zero attached hydrogens (tertiary/aromatic N) is 1. The molecule has 0 saturated heterocycles. The van der Waals surface area contributed by atoms with Crippen LogP contribution < -0.4 is 0 Å². The van der Waals surface area contributed by atoms with Crippen molar-refractivity contribution in [3.05, 3.63) is 51.9 Å². The topological polar surface area (TPSA) is 54.5 Å². The fourth-order valence-corrected chi connectivity index (χ4v) is 5.09. The highest BCUT2D eigenvalue weighted by Crippen LogP contribution is 2.27. The van der Waals surface area contributed by atoms with Crippen LogP contribution in [0.4, 0.5) is 0 Å². The zero-order valence-corrected chi connectivity index (χ0v) is 13.3. The standard InChI is InChI=1S/C14H12ClNO3S2/c15-12-5-6-14(20-12)21(18,19)9-13(17)16-7-10-3-1-2-4-11(10)8-16/h1-6H,7-9H2. The van der Waals surface area contributed by atoms with Gasteiger partial charge in [0, 0.05) is 13.1 Å². The molecule has 4 nitrogen and oxygen atoms in total. The van der Waals surface area contributed by atoms with Crippen LogP contribution in [0.15, 0.2) is 40.6 Å². The van der Waals surface area contributed by atoms with E-state index in [4.69, 9.17) is 11.6 Å². The molecule has 0 N–H and O–H groups in total. The molecule has 0 fully saturated rings. The van der Waals surface area contributed by atoms with Crippen molar-refractivity contribution in [3.63, 3.8) is 0 Å². The minimum absolute atomic E-state index is 0.137. The summed E-state index contributed by atoms with van der Waals surface area (Å²) in [5.74, 6) is -0.895. The Bertz CT molecular complexity index is 773. The van der Waals surface area contributed by atoms with Crippen LogP contribution in [0, 0.1) is 0 Å². The first kappa shape index (κ1) is 14.6. The number of thiophene rings is 1. The molecule has 0 radical (unpaired) electrons. The van der Waals surface area contributed by atoms with Gasteiger partial charge in [0.05, 0.1) is 4.34 Å². The molecule has 21 heavy (non-hydrogen) atoms.